The molecule has 1 fully saturated rings. The zero-order valence-corrected chi connectivity index (χ0v) is 11.7. The van der Waals surface area contributed by atoms with E-state index in [4.69, 9.17) is 0 Å². The van der Waals surface area contributed by atoms with Crippen LogP contribution in [0.25, 0.3) is 0 Å². The van der Waals surface area contributed by atoms with Crippen molar-refractivity contribution in [1.29, 1.82) is 0 Å². The number of benzene rings is 1. The van der Waals surface area contributed by atoms with Crippen LogP contribution in [0.2, 0.25) is 0 Å². The zero-order chi connectivity index (χ0) is 13.3. The minimum absolute atomic E-state index is 0.0517. The molecule has 1 N–H and O–H groups in total. The summed E-state index contributed by atoms with van der Waals surface area (Å²) in [5.74, 6) is -1.55. The highest BCUT2D eigenvalue weighted by Gasteiger charge is 2.26. The van der Waals surface area contributed by atoms with Gasteiger partial charge in [0, 0.05) is 19.2 Å². The molecule has 8 heteroatoms. The van der Waals surface area contributed by atoms with Gasteiger partial charge in [-0.05, 0) is 34.8 Å². The molecule has 1 aliphatic heterocycles. The summed E-state index contributed by atoms with van der Waals surface area (Å²) in [7, 11) is -3.80. The van der Waals surface area contributed by atoms with Gasteiger partial charge in [0.05, 0.1) is 10.2 Å². The summed E-state index contributed by atoms with van der Waals surface area (Å²) in [5.41, 5.74) is -0.386. The van der Waals surface area contributed by atoms with E-state index in [1.807, 2.05) is 0 Å². The monoisotopic (exact) mass is 340 g/mol. The first-order valence-corrected chi connectivity index (χ1v) is 7.56. The number of hydrogen-bond donors (Lipinski definition) is 1. The fraction of sp³-hybridized carbons (Fsp3) is 0.400. The molecule has 18 heavy (non-hydrogen) atoms. The first kappa shape index (κ1) is 13.7. The summed E-state index contributed by atoms with van der Waals surface area (Å²) in [6, 6.07) is 1.70. The topological polar surface area (TPSA) is 49.4 Å². The van der Waals surface area contributed by atoms with Gasteiger partial charge in [0.15, 0.2) is 0 Å². The lowest BCUT2D eigenvalue weighted by Crippen LogP contribution is -2.33. The second-order valence-corrected chi connectivity index (χ2v) is 6.48. The molecule has 0 saturated carbocycles. The minimum Gasteiger partial charge on any atom is -0.268 e. The zero-order valence-electron chi connectivity index (χ0n) is 9.29. The molecule has 0 amide bonds. The van der Waals surface area contributed by atoms with Gasteiger partial charge in [0.1, 0.15) is 11.6 Å². The van der Waals surface area contributed by atoms with Crippen molar-refractivity contribution in [3.05, 3.63) is 28.2 Å². The number of rotatable bonds is 3. The van der Waals surface area contributed by atoms with Crippen molar-refractivity contribution in [2.45, 2.75) is 12.8 Å². The summed E-state index contributed by atoms with van der Waals surface area (Å²) in [6.07, 6.45) is 1.55. The lowest BCUT2D eigenvalue weighted by atomic mass is 10.3. The first-order valence-electron chi connectivity index (χ1n) is 5.32. The number of nitrogens with zero attached hydrogens (tertiary/aromatic N) is 1. The van der Waals surface area contributed by atoms with Gasteiger partial charge in [-0.15, -0.1) is 0 Å². The van der Waals surface area contributed by atoms with Crippen LogP contribution in [0.4, 0.5) is 14.5 Å². The van der Waals surface area contributed by atoms with Crippen molar-refractivity contribution in [1.82, 2.24) is 4.31 Å². The second-order valence-electron chi connectivity index (χ2n) is 3.96. The highest BCUT2D eigenvalue weighted by molar-refractivity contribution is 9.10. The summed E-state index contributed by atoms with van der Waals surface area (Å²) in [4.78, 5) is 0. The molecule has 100 valence electrons. The third-order valence-electron chi connectivity index (χ3n) is 2.65. The maximum atomic E-state index is 13.5. The largest absolute Gasteiger partial charge is 0.301 e. The van der Waals surface area contributed by atoms with Crippen molar-refractivity contribution in [2.24, 2.45) is 0 Å². The van der Waals surface area contributed by atoms with Gasteiger partial charge >= 0.3 is 10.2 Å². The van der Waals surface area contributed by atoms with E-state index in [0.717, 1.165) is 25.0 Å². The van der Waals surface area contributed by atoms with E-state index in [0.29, 0.717) is 13.1 Å². The van der Waals surface area contributed by atoms with Crippen LogP contribution in [-0.2, 0) is 10.2 Å². The predicted molar refractivity (Wildman–Crippen MR) is 67.4 cm³/mol. The van der Waals surface area contributed by atoms with Crippen LogP contribution in [-0.4, -0.2) is 25.8 Å². The standard InChI is InChI=1S/C10H11BrF2N2O2S/c11-7-5-9(13)10(6-8(7)12)14-18(16,17)15-3-1-2-4-15/h5-6,14H,1-4H2. The van der Waals surface area contributed by atoms with Crippen LogP contribution < -0.4 is 4.72 Å². The molecule has 0 aromatic heterocycles. The van der Waals surface area contributed by atoms with Gasteiger partial charge in [-0.1, -0.05) is 0 Å². The molecule has 1 aromatic rings. The van der Waals surface area contributed by atoms with Crippen molar-refractivity contribution < 1.29 is 17.2 Å². The van der Waals surface area contributed by atoms with Crippen LogP contribution in [0.1, 0.15) is 12.8 Å². The molecule has 0 aliphatic carbocycles. The molecule has 0 bridgehead atoms. The predicted octanol–water partition coefficient (Wildman–Crippen LogP) is 2.48. The Morgan fingerprint density at radius 1 is 1.17 bits per heavy atom. The van der Waals surface area contributed by atoms with Gasteiger partial charge in [-0.25, -0.2) is 8.78 Å². The van der Waals surface area contributed by atoms with Crippen LogP contribution in [0.5, 0.6) is 0 Å². The van der Waals surface area contributed by atoms with Gasteiger partial charge in [0.2, 0.25) is 0 Å². The van der Waals surface area contributed by atoms with E-state index in [9.17, 15) is 17.2 Å². The number of nitrogens with one attached hydrogen (secondary N) is 1. The number of halogens is 3. The average Bonchev–Trinajstić information content (AvgIpc) is 2.79. The minimum atomic E-state index is -3.80. The Balaban J connectivity index is 2.26. The smallest absolute Gasteiger partial charge is 0.268 e. The lowest BCUT2D eigenvalue weighted by molar-refractivity contribution is 0.482. The van der Waals surface area contributed by atoms with Crippen LogP contribution in [0, 0.1) is 11.6 Å². The van der Waals surface area contributed by atoms with Gasteiger partial charge in [-0.2, -0.15) is 12.7 Å². The van der Waals surface area contributed by atoms with Crippen LogP contribution >= 0.6 is 15.9 Å². The Hall–Kier alpha value is -0.730. The molecule has 1 aliphatic rings. The summed E-state index contributed by atoms with van der Waals surface area (Å²) < 4.78 is 53.7. The molecule has 0 spiro atoms. The average molecular weight is 341 g/mol. The summed E-state index contributed by atoms with van der Waals surface area (Å²) >= 11 is 2.82. The molecular formula is C10H11BrF2N2O2S. The quantitative estimate of drug-likeness (QED) is 0.859. The van der Waals surface area contributed by atoms with E-state index in [1.165, 1.54) is 4.31 Å². The third-order valence-corrected chi connectivity index (χ3v) is 4.78. The second kappa shape index (κ2) is 5.10. The van der Waals surface area contributed by atoms with E-state index >= 15 is 0 Å². The summed E-state index contributed by atoms with van der Waals surface area (Å²) in [5, 5.41) is 0. The molecule has 0 radical (unpaired) electrons. The molecular weight excluding hydrogens is 330 g/mol. The summed E-state index contributed by atoms with van der Waals surface area (Å²) in [6.45, 7) is 0.798. The Morgan fingerprint density at radius 2 is 1.78 bits per heavy atom. The molecule has 2 rings (SSSR count). The third kappa shape index (κ3) is 2.81. The van der Waals surface area contributed by atoms with Crippen molar-refractivity contribution in [3.63, 3.8) is 0 Å². The molecule has 1 aromatic carbocycles. The van der Waals surface area contributed by atoms with E-state index in [1.54, 1.807) is 0 Å². The number of anilines is 1. The van der Waals surface area contributed by atoms with Crippen molar-refractivity contribution >= 4 is 31.8 Å². The maximum Gasteiger partial charge on any atom is 0.301 e. The normalized spacial score (nSPS) is 17.1. The first-order chi connectivity index (χ1) is 8.40. The Morgan fingerprint density at radius 3 is 2.39 bits per heavy atom. The van der Waals surface area contributed by atoms with Gasteiger partial charge < -0.3 is 0 Å². The van der Waals surface area contributed by atoms with E-state index in [2.05, 4.69) is 20.7 Å². The molecule has 1 heterocycles. The SMILES string of the molecule is O=S(=O)(Nc1cc(F)c(Br)cc1F)N1CCCC1. The molecule has 0 unspecified atom stereocenters. The van der Waals surface area contributed by atoms with Gasteiger partial charge in [-0.3, -0.25) is 4.72 Å². The van der Waals surface area contributed by atoms with Crippen molar-refractivity contribution in [3.8, 4) is 0 Å². The van der Waals surface area contributed by atoms with E-state index in [-0.39, 0.29) is 10.2 Å². The molecule has 1 saturated heterocycles. The Labute approximate surface area is 112 Å². The lowest BCUT2D eigenvalue weighted by Gasteiger charge is -2.17. The highest BCUT2D eigenvalue weighted by atomic mass is 79.9. The number of hydrogen-bond acceptors (Lipinski definition) is 2. The van der Waals surface area contributed by atoms with Crippen LogP contribution in [0.15, 0.2) is 16.6 Å². The highest BCUT2D eigenvalue weighted by Crippen LogP contribution is 2.25. The molecule has 4 nitrogen and oxygen atoms in total. The Bertz CT molecular complexity index is 559. The van der Waals surface area contributed by atoms with Crippen molar-refractivity contribution in [2.75, 3.05) is 17.8 Å². The fourth-order valence-corrected chi connectivity index (χ4v) is 3.35. The van der Waals surface area contributed by atoms with Gasteiger partial charge in [0.25, 0.3) is 0 Å². The molecule has 0 atom stereocenters. The maximum absolute atomic E-state index is 13.5. The fourth-order valence-electron chi connectivity index (χ4n) is 1.73. The Kier molecular flexibility index (Phi) is 3.88. The van der Waals surface area contributed by atoms with Crippen LogP contribution in [0.3, 0.4) is 0 Å². The van der Waals surface area contributed by atoms with E-state index < -0.39 is 21.8 Å².